The van der Waals surface area contributed by atoms with Crippen LogP contribution in [0.15, 0.2) is 29.9 Å². The molecule has 0 aliphatic heterocycles. The van der Waals surface area contributed by atoms with Crippen LogP contribution in [0.1, 0.15) is 0 Å². The van der Waals surface area contributed by atoms with E-state index in [0.717, 1.165) is 12.3 Å². The molecular weight excluding hydrogens is 119 g/mol. The first-order valence-corrected chi connectivity index (χ1v) is 2.24. The van der Waals surface area contributed by atoms with E-state index in [1.807, 2.05) is 5.73 Å². The molecule has 2 nitrogen and oxygen atoms in total. The Labute approximate surface area is 52.7 Å². The van der Waals surface area contributed by atoms with Crippen molar-refractivity contribution in [3.05, 3.63) is 29.9 Å². The highest BCUT2D eigenvalue weighted by Crippen LogP contribution is 1.95. The van der Waals surface area contributed by atoms with Crippen molar-refractivity contribution < 1.29 is 4.39 Å². The van der Waals surface area contributed by atoms with Crippen LogP contribution < -0.4 is 5.73 Å². The number of rotatable bonds is 2. The molecule has 3 N–H and O–H groups in total. The predicted molar refractivity (Wildman–Crippen MR) is 34.8 cm³/mol. The van der Waals surface area contributed by atoms with E-state index in [9.17, 15) is 4.39 Å². The fraction of sp³-hybridized carbons (Fsp3) is 0. The smallest absolute Gasteiger partial charge is 0.166 e. The van der Waals surface area contributed by atoms with Gasteiger partial charge in [0.2, 0.25) is 0 Å². The lowest BCUT2D eigenvalue weighted by molar-refractivity contribution is 0.668. The summed E-state index contributed by atoms with van der Waals surface area (Å²) in [5, 5.41) is 6.53. The van der Waals surface area contributed by atoms with Gasteiger partial charge in [-0.2, -0.15) is 4.39 Å². The molecule has 0 aromatic heterocycles. The van der Waals surface area contributed by atoms with Crippen LogP contribution in [0, 0.1) is 5.41 Å². The summed E-state index contributed by atoms with van der Waals surface area (Å²) < 4.78 is 12.1. The largest absolute Gasteiger partial charge is 0.397 e. The van der Waals surface area contributed by atoms with Crippen molar-refractivity contribution in [2.45, 2.75) is 0 Å². The Kier molecular flexibility index (Phi) is 3.09. The van der Waals surface area contributed by atoms with Gasteiger partial charge in [0.25, 0.3) is 0 Å². The van der Waals surface area contributed by atoms with Gasteiger partial charge in [-0.1, -0.05) is 12.3 Å². The van der Waals surface area contributed by atoms with E-state index in [1.165, 1.54) is 0 Å². The van der Waals surface area contributed by atoms with Gasteiger partial charge < -0.3 is 11.1 Å². The van der Waals surface area contributed by atoms with Gasteiger partial charge in [-0.25, -0.2) is 0 Å². The topological polar surface area (TPSA) is 49.9 Å². The lowest BCUT2D eigenvalue weighted by Crippen LogP contribution is -1.96. The molecule has 3 heteroatoms. The molecule has 0 fully saturated rings. The van der Waals surface area contributed by atoms with E-state index in [2.05, 4.69) is 6.58 Å². The Morgan fingerprint density at radius 1 is 1.78 bits per heavy atom. The first kappa shape index (κ1) is 7.66. The van der Waals surface area contributed by atoms with Gasteiger partial charge in [-0.05, 0) is 0 Å². The average Bonchev–Trinajstić information content (AvgIpc) is 1.87. The molecule has 0 aromatic rings. The van der Waals surface area contributed by atoms with Gasteiger partial charge in [0.05, 0.1) is 5.70 Å². The van der Waals surface area contributed by atoms with Gasteiger partial charge in [0.15, 0.2) is 5.83 Å². The zero-order valence-electron chi connectivity index (χ0n) is 4.82. The summed E-state index contributed by atoms with van der Waals surface area (Å²) in [6, 6.07) is 0. The van der Waals surface area contributed by atoms with Crippen LogP contribution >= 0.6 is 0 Å². The molecule has 0 heterocycles. The first-order valence-electron chi connectivity index (χ1n) is 2.24. The predicted octanol–water partition coefficient (Wildman–Crippen LogP) is 1.12. The molecule has 0 aromatic carbocycles. The number of nitrogens with two attached hydrogens (primary N) is 1. The van der Waals surface area contributed by atoms with Crippen molar-refractivity contribution in [1.82, 2.24) is 0 Å². The minimum absolute atomic E-state index is 0.0450. The number of allylic oxidation sites excluding steroid dienone is 3. The van der Waals surface area contributed by atoms with Crippen LogP contribution in [0.25, 0.3) is 0 Å². The summed E-state index contributed by atoms with van der Waals surface area (Å²) >= 11 is 0. The van der Waals surface area contributed by atoms with Gasteiger partial charge >= 0.3 is 0 Å². The van der Waals surface area contributed by atoms with E-state index in [1.54, 1.807) is 0 Å². The molecule has 0 radical (unpaired) electrons. The Hall–Kier alpha value is -1.34. The fourth-order valence-electron chi connectivity index (χ4n) is 0.239. The van der Waals surface area contributed by atoms with Gasteiger partial charge in [-0.3, -0.25) is 0 Å². The van der Waals surface area contributed by atoms with E-state index in [0.29, 0.717) is 0 Å². The maximum atomic E-state index is 12.1. The Bertz CT molecular complexity index is 187. The Balaban J connectivity index is 4.29. The number of halogens is 1. The molecule has 0 atom stereocenters. The first-order chi connectivity index (χ1) is 4.20. The second kappa shape index (κ2) is 3.64. The molecule has 0 aliphatic carbocycles. The highest BCUT2D eigenvalue weighted by atomic mass is 19.1. The molecule has 0 unspecified atom stereocenters. The minimum Gasteiger partial charge on any atom is -0.397 e. The monoisotopic (exact) mass is 126 g/mol. The lowest BCUT2D eigenvalue weighted by Gasteiger charge is -1.84. The second-order valence-corrected chi connectivity index (χ2v) is 1.31. The molecule has 0 bridgehead atoms. The molecule has 0 aliphatic rings. The van der Waals surface area contributed by atoms with E-state index in [4.69, 9.17) is 11.1 Å². The summed E-state index contributed by atoms with van der Waals surface area (Å²) in [6.07, 6.45) is 1.82. The molecule has 0 rings (SSSR count). The summed E-state index contributed by atoms with van der Waals surface area (Å²) in [4.78, 5) is 0. The SMILES string of the molecule is C=C=C(F)/C=C(/N)C=N. The standard InChI is InChI=1S/C6H7FN2/c1-2-5(7)3-6(9)4-8/h3-4,8H,1,9H2/b6-3+,8-4?. The van der Waals surface area contributed by atoms with Crippen LogP contribution in [0.2, 0.25) is 0 Å². The molecule has 9 heavy (non-hydrogen) atoms. The summed E-state index contributed by atoms with van der Waals surface area (Å²) in [5.74, 6) is -0.656. The third-order valence-corrected chi connectivity index (χ3v) is 0.629. The zero-order valence-corrected chi connectivity index (χ0v) is 4.82. The summed E-state index contributed by atoms with van der Waals surface area (Å²) in [5.41, 5.74) is 7.05. The van der Waals surface area contributed by atoms with Crippen LogP contribution in [0.3, 0.4) is 0 Å². The van der Waals surface area contributed by atoms with Gasteiger partial charge in [0, 0.05) is 12.3 Å². The quantitative estimate of drug-likeness (QED) is 0.325. The number of nitrogens with one attached hydrogen (secondary N) is 1. The van der Waals surface area contributed by atoms with Crippen LogP contribution in [-0.4, -0.2) is 6.21 Å². The van der Waals surface area contributed by atoms with Crippen molar-refractivity contribution in [3.63, 3.8) is 0 Å². The number of hydrogen-bond donors (Lipinski definition) is 2. The number of hydrogen-bond acceptors (Lipinski definition) is 2. The highest BCUT2D eigenvalue weighted by Gasteiger charge is 1.85. The third-order valence-electron chi connectivity index (χ3n) is 0.629. The lowest BCUT2D eigenvalue weighted by atomic mass is 10.4. The highest BCUT2D eigenvalue weighted by molar-refractivity contribution is 5.74. The maximum Gasteiger partial charge on any atom is 0.166 e. The Morgan fingerprint density at radius 2 is 2.33 bits per heavy atom. The van der Waals surface area contributed by atoms with Gasteiger partial charge in [-0.15, -0.1) is 0 Å². The minimum atomic E-state index is -0.656. The summed E-state index contributed by atoms with van der Waals surface area (Å²) in [6.45, 7) is 3.04. The van der Waals surface area contributed by atoms with Crippen molar-refractivity contribution >= 4 is 6.21 Å². The van der Waals surface area contributed by atoms with Crippen molar-refractivity contribution in [1.29, 1.82) is 5.41 Å². The van der Waals surface area contributed by atoms with Crippen molar-refractivity contribution in [2.75, 3.05) is 0 Å². The van der Waals surface area contributed by atoms with Crippen LogP contribution in [-0.2, 0) is 0 Å². The molecular formula is C6H7FN2. The third kappa shape index (κ3) is 3.26. The fourth-order valence-corrected chi connectivity index (χ4v) is 0.239. The molecule has 0 spiro atoms. The summed E-state index contributed by atoms with van der Waals surface area (Å²) in [7, 11) is 0. The normalized spacial score (nSPS) is 10.1. The molecule has 48 valence electrons. The van der Waals surface area contributed by atoms with Crippen molar-refractivity contribution in [2.24, 2.45) is 5.73 Å². The zero-order chi connectivity index (χ0) is 7.28. The van der Waals surface area contributed by atoms with Gasteiger partial charge in [0.1, 0.15) is 0 Å². The van der Waals surface area contributed by atoms with E-state index < -0.39 is 5.83 Å². The molecule has 0 amide bonds. The van der Waals surface area contributed by atoms with Crippen LogP contribution in [0.4, 0.5) is 4.39 Å². The maximum absolute atomic E-state index is 12.1. The van der Waals surface area contributed by atoms with E-state index >= 15 is 0 Å². The van der Waals surface area contributed by atoms with Crippen LogP contribution in [0.5, 0.6) is 0 Å². The van der Waals surface area contributed by atoms with E-state index in [-0.39, 0.29) is 5.70 Å². The Morgan fingerprint density at radius 3 is 2.67 bits per heavy atom. The molecule has 0 saturated heterocycles. The van der Waals surface area contributed by atoms with Crippen molar-refractivity contribution in [3.8, 4) is 0 Å². The average molecular weight is 126 g/mol. The second-order valence-electron chi connectivity index (χ2n) is 1.31. The molecule has 0 saturated carbocycles.